The van der Waals surface area contributed by atoms with Gasteiger partial charge in [0.15, 0.2) is 6.10 Å². The first-order chi connectivity index (χ1) is 9.86. The molecule has 21 heavy (non-hydrogen) atoms. The zero-order valence-electron chi connectivity index (χ0n) is 10.7. The van der Waals surface area contributed by atoms with Gasteiger partial charge in [-0.3, -0.25) is 10.1 Å². The van der Waals surface area contributed by atoms with E-state index in [1.165, 1.54) is 6.92 Å². The summed E-state index contributed by atoms with van der Waals surface area (Å²) in [7, 11) is 0. The first-order valence-electron chi connectivity index (χ1n) is 5.79. The van der Waals surface area contributed by atoms with Crippen molar-refractivity contribution in [2.45, 2.75) is 19.2 Å². The van der Waals surface area contributed by atoms with Crippen LogP contribution < -0.4 is 10.1 Å². The number of carbonyl (C=O) groups is 1. The fourth-order valence-electron chi connectivity index (χ4n) is 1.35. The molecule has 1 amide bonds. The van der Waals surface area contributed by atoms with Gasteiger partial charge in [-0.15, -0.1) is 10.2 Å². The average Bonchev–Trinajstić information content (AvgIpc) is 2.88. The predicted molar refractivity (Wildman–Crippen MR) is 70.1 cm³/mol. The Morgan fingerprint density at radius 1 is 1.29 bits per heavy atom. The zero-order valence-corrected chi connectivity index (χ0v) is 11.5. The standard InChI is InChI=1S/C12H10F3N3O2S/c1-7(20-8-5-3-2-4-6-8)9(19)16-11-18-17-10(21-11)12(13,14)15/h2-7H,1H3,(H,16,18,19)/t7-/m1/s1. The summed E-state index contributed by atoms with van der Waals surface area (Å²) in [5.41, 5.74) is 0. The lowest BCUT2D eigenvalue weighted by atomic mass is 10.3. The molecule has 0 radical (unpaired) electrons. The minimum atomic E-state index is -4.58. The molecule has 1 atom stereocenters. The minimum absolute atomic E-state index is 0.226. The summed E-state index contributed by atoms with van der Waals surface area (Å²) < 4.78 is 42.4. The minimum Gasteiger partial charge on any atom is -0.481 e. The second-order valence-corrected chi connectivity index (χ2v) is 4.95. The van der Waals surface area contributed by atoms with Crippen molar-refractivity contribution in [1.29, 1.82) is 0 Å². The Labute approximate surface area is 121 Å². The number of ether oxygens (including phenoxy) is 1. The summed E-state index contributed by atoms with van der Waals surface area (Å²) in [5.74, 6) is -0.128. The largest absolute Gasteiger partial charge is 0.481 e. The fraction of sp³-hybridized carbons (Fsp3) is 0.250. The molecule has 0 aliphatic rings. The van der Waals surface area contributed by atoms with Crippen LogP contribution in [0.4, 0.5) is 18.3 Å². The van der Waals surface area contributed by atoms with Crippen LogP contribution in [-0.2, 0) is 11.0 Å². The van der Waals surface area contributed by atoms with Crippen molar-refractivity contribution >= 4 is 22.4 Å². The summed E-state index contributed by atoms with van der Waals surface area (Å²) in [6, 6.07) is 8.59. The predicted octanol–water partition coefficient (Wildman–Crippen LogP) is 2.96. The number of amides is 1. The SMILES string of the molecule is C[C@@H](Oc1ccccc1)C(=O)Nc1nnc(C(F)(F)F)s1. The molecule has 0 fully saturated rings. The van der Waals surface area contributed by atoms with Gasteiger partial charge in [0.05, 0.1) is 0 Å². The number of hydrogen-bond acceptors (Lipinski definition) is 5. The van der Waals surface area contributed by atoms with Crippen molar-refractivity contribution in [3.8, 4) is 5.75 Å². The zero-order chi connectivity index (χ0) is 15.5. The molecule has 5 nitrogen and oxygen atoms in total. The maximum Gasteiger partial charge on any atom is 0.445 e. The summed E-state index contributed by atoms with van der Waals surface area (Å²) >= 11 is 0.257. The van der Waals surface area contributed by atoms with Crippen LogP contribution in [0.15, 0.2) is 30.3 Å². The van der Waals surface area contributed by atoms with Gasteiger partial charge in [0.1, 0.15) is 5.75 Å². The van der Waals surface area contributed by atoms with Crippen LogP contribution >= 0.6 is 11.3 Å². The molecular formula is C12H10F3N3O2S. The number of para-hydroxylation sites is 1. The highest BCUT2D eigenvalue weighted by Crippen LogP contribution is 2.33. The fourth-order valence-corrected chi connectivity index (χ4v) is 1.97. The molecule has 2 aromatic rings. The van der Waals surface area contributed by atoms with Crippen molar-refractivity contribution in [2.24, 2.45) is 0 Å². The van der Waals surface area contributed by atoms with E-state index in [1.807, 2.05) is 0 Å². The highest BCUT2D eigenvalue weighted by molar-refractivity contribution is 7.15. The van der Waals surface area contributed by atoms with Gasteiger partial charge in [-0.1, -0.05) is 29.5 Å². The van der Waals surface area contributed by atoms with E-state index in [4.69, 9.17) is 4.74 Å². The molecule has 0 bridgehead atoms. The molecule has 112 valence electrons. The topological polar surface area (TPSA) is 64.1 Å². The van der Waals surface area contributed by atoms with Crippen molar-refractivity contribution in [3.05, 3.63) is 35.3 Å². The third kappa shape index (κ3) is 4.15. The van der Waals surface area contributed by atoms with Gasteiger partial charge in [0.2, 0.25) is 10.1 Å². The maximum atomic E-state index is 12.4. The van der Waals surface area contributed by atoms with Crippen LogP contribution in [0.3, 0.4) is 0 Å². The first kappa shape index (κ1) is 15.2. The van der Waals surface area contributed by atoms with E-state index in [1.54, 1.807) is 30.3 Å². The Bertz CT molecular complexity index is 616. The Hall–Kier alpha value is -2.16. The molecular weight excluding hydrogens is 307 g/mol. The number of nitrogens with zero attached hydrogens (tertiary/aromatic N) is 2. The van der Waals surface area contributed by atoms with E-state index in [0.29, 0.717) is 5.75 Å². The van der Waals surface area contributed by atoms with Crippen LogP contribution in [0.1, 0.15) is 11.9 Å². The first-order valence-corrected chi connectivity index (χ1v) is 6.61. The van der Waals surface area contributed by atoms with Crippen molar-refractivity contribution in [1.82, 2.24) is 10.2 Å². The highest BCUT2D eigenvalue weighted by Gasteiger charge is 2.36. The van der Waals surface area contributed by atoms with Crippen molar-refractivity contribution < 1.29 is 22.7 Å². The van der Waals surface area contributed by atoms with Gasteiger partial charge < -0.3 is 4.74 Å². The molecule has 1 N–H and O–H groups in total. The second-order valence-electron chi connectivity index (χ2n) is 3.97. The van der Waals surface area contributed by atoms with Gasteiger partial charge in [-0.2, -0.15) is 13.2 Å². The smallest absolute Gasteiger partial charge is 0.445 e. The van der Waals surface area contributed by atoms with Crippen LogP contribution in [0, 0.1) is 0 Å². The number of anilines is 1. The van der Waals surface area contributed by atoms with E-state index in [9.17, 15) is 18.0 Å². The van der Waals surface area contributed by atoms with Gasteiger partial charge in [0.25, 0.3) is 5.91 Å². The maximum absolute atomic E-state index is 12.4. The van der Waals surface area contributed by atoms with Crippen LogP contribution in [-0.4, -0.2) is 22.2 Å². The summed E-state index contributed by atoms with van der Waals surface area (Å²) in [6.45, 7) is 1.48. The highest BCUT2D eigenvalue weighted by atomic mass is 32.1. The van der Waals surface area contributed by atoms with Gasteiger partial charge >= 0.3 is 6.18 Å². The summed E-state index contributed by atoms with van der Waals surface area (Å²) in [5, 5.41) is 7.14. The monoisotopic (exact) mass is 317 g/mol. The van der Waals surface area contributed by atoms with E-state index in [-0.39, 0.29) is 16.5 Å². The van der Waals surface area contributed by atoms with Crippen LogP contribution in [0.2, 0.25) is 0 Å². The van der Waals surface area contributed by atoms with E-state index >= 15 is 0 Å². The Morgan fingerprint density at radius 2 is 1.95 bits per heavy atom. The lowest BCUT2D eigenvalue weighted by molar-refractivity contribution is -0.138. The molecule has 2 rings (SSSR count). The van der Waals surface area contributed by atoms with E-state index in [2.05, 4.69) is 15.5 Å². The molecule has 0 spiro atoms. The molecule has 0 aliphatic heterocycles. The quantitative estimate of drug-likeness (QED) is 0.941. The third-order valence-electron chi connectivity index (χ3n) is 2.32. The van der Waals surface area contributed by atoms with Crippen molar-refractivity contribution in [3.63, 3.8) is 0 Å². The Morgan fingerprint density at radius 3 is 2.52 bits per heavy atom. The number of benzene rings is 1. The molecule has 0 saturated heterocycles. The molecule has 9 heteroatoms. The number of rotatable bonds is 4. The Balaban J connectivity index is 1.96. The molecule has 0 aliphatic carbocycles. The van der Waals surface area contributed by atoms with Crippen LogP contribution in [0.25, 0.3) is 0 Å². The van der Waals surface area contributed by atoms with Crippen LogP contribution in [0.5, 0.6) is 5.75 Å². The van der Waals surface area contributed by atoms with E-state index < -0.39 is 23.2 Å². The second kappa shape index (κ2) is 6.08. The molecule has 1 heterocycles. The number of nitrogens with one attached hydrogen (secondary N) is 1. The number of halogens is 3. The molecule has 1 aromatic carbocycles. The van der Waals surface area contributed by atoms with Crippen molar-refractivity contribution in [2.75, 3.05) is 5.32 Å². The number of alkyl halides is 3. The third-order valence-corrected chi connectivity index (χ3v) is 3.21. The number of carbonyl (C=O) groups excluding carboxylic acids is 1. The van der Waals surface area contributed by atoms with Gasteiger partial charge in [0, 0.05) is 0 Å². The summed E-state index contributed by atoms with van der Waals surface area (Å²) in [6.07, 6.45) is -5.46. The molecule has 0 unspecified atom stereocenters. The lowest BCUT2D eigenvalue weighted by Gasteiger charge is -2.13. The molecule has 0 saturated carbocycles. The van der Waals surface area contributed by atoms with E-state index in [0.717, 1.165) is 0 Å². The number of aromatic nitrogens is 2. The lowest BCUT2D eigenvalue weighted by Crippen LogP contribution is -2.30. The normalized spacial score (nSPS) is 12.8. The van der Waals surface area contributed by atoms with Gasteiger partial charge in [-0.05, 0) is 19.1 Å². The Kier molecular flexibility index (Phi) is 4.41. The summed E-state index contributed by atoms with van der Waals surface area (Å²) in [4.78, 5) is 11.8. The molecule has 1 aromatic heterocycles. The average molecular weight is 317 g/mol. The van der Waals surface area contributed by atoms with Gasteiger partial charge in [-0.25, -0.2) is 0 Å². The number of hydrogen-bond donors (Lipinski definition) is 1.